The molecule has 0 fully saturated rings. The molecule has 0 saturated carbocycles. The van der Waals surface area contributed by atoms with E-state index in [4.69, 9.17) is 4.99 Å². The molecule has 1 heterocycles. The van der Waals surface area contributed by atoms with E-state index in [2.05, 4.69) is 130 Å². The van der Waals surface area contributed by atoms with Crippen molar-refractivity contribution in [2.24, 2.45) is 9.98 Å². The summed E-state index contributed by atoms with van der Waals surface area (Å²) in [4.78, 5) is 13.6. The van der Waals surface area contributed by atoms with Crippen LogP contribution in [-0.2, 0) is 22.4 Å². The summed E-state index contributed by atoms with van der Waals surface area (Å²) in [6, 6.07) is 17.2. The summed E-state index contributed by atoms with van der Waals surface area (Å²) in [6.45, 7) is 17.8. The molecule has 0 spiro atoms. The average molecular weight is 638 g/mol. The summed E-state index contributed by atoms with van der Waals surface area (Å²) in [7, 11) is 0. The van der Waals surface area contributed by atoms with Gasteiger partial charge in [0.15, 0.2) is 0 Å². The number of nitrogens with zero attached hydrogens (tertiary/aromatic N) is 3. The molecule has 0 N–H and O–H groups in total. The van der Waals surface area contributed by atoms with Crippen molar-refractivity contribution in [3.05, 3.63) is 88.7 Å². The number of aromatic nitrogens is 1. The maximum Gasteiger partial charge on any atom is -1.00 e. The Bertz CT molecular complexity index is 1140. The van der Waals surface area contributed by atoms with Gasteiger partial charge in [0.2, 0.25) is 0 Å². The van der Waals surface area contributed by atoms with E-state index in [0.29, 0.717) is 23.7 Å². The van der Waals surface area contributed by atoms with Gasteiger partial charge < -0.3 is 24.8 Å². The number of halogens is 2. The first kappa shape index (κ1) is 39.0. The number of hydrogen-bond donors (Lipinski definition) is 0. The predicted molar refractivity (Wildman–Crippen MR) is 168 cm³/mol. The van der Waals surface area contributed by atoms with Crippen LogP contribution in [0.3, 0.4) is 0 Å². The average Bonchev–Trinajstić information content (AvgIpc) is 2.91. The summed E-state index contributed by atoms with van der Waals surface area (Å²) < 4.78 is 0. The van der Waals surface area contributed by atoms with Crippen LogP contribution in [-0.4, -0.2) is 17.4 Å². The third-order valence-electron chi connectivity index (χ3n) is 6.64. The molecule has 3 nitrogen and oxygen atoms in total. The maximum absolute atomic E-state index is 4.82. The van der Waals surface area contributed by atoms with Gasteiger partial charge in [0, 0.05) is 18.6 Å². The summed E-state index contributed by atoms with van der Waals surface area (Å²) in [5, 5.41) is 0.907. The Labute approximate surface area is 270 Å². The van der Waals surface area contributed by atoms with E-state index in [1.165, 1.54) is 39.2 Å². The van der Waals surface area contributed by atoms with E-state index < -0.39 is 0 Å². The predicted octanol–water partition coefficient (Wildman–Crippen LogP) is 4.66. The zero-order chi connectivity index (χ0) is 28.8. The van der Waals surface area contributed by atoms with Crippen molar-refractivity contribution in [3.63, 3.8) is 0 Å². The summed E-state index contributed by atoms with van der Waals surface area (Å²) in [5.74, 6) is 2.01. The van der Waals surface area contributed by atoms with E-state index in [1.807, 2.05) is 24.7 Å². The largest absolute Gasteiger partial charge is 1.00 e. The van der Waals surface area contributed by atoms with Gasteiger partial charge in [0.05, 0.1) is 5.69 Å². The Morgan fingerprint density at radius 2 is 1.05 bits per heavy atom. The number of aliphatic imine (C=N–C) groups is 2. The van der Waals surface area contributed by atoms with Crippen LogP contribution >= 0.6 is 0 Å². The monoisotopic (exact) mass is 636 g/mol. The van der Waals surface area contributed by atoms with Crippen molar-refractivity contribution in [2.45, 2.75) is 104 Å². The Hall–Kier alpha value is -1.97. The zero-order valence-electron chi connectivity index (χ0n) is 26.0. The third kappa shape index (κ3) is 12.8. The van der Waals surface area contributed by atoms with Gasteiger partial charge in [-0.3, -0.25) is 9.98 Å². The van der Waals surface area contributed by atoms with E-state index in [0.717, 1.165) is 24.6 Å². The fraction of sp³-hybridized carbons (Fsp3) is 0.457. The minimum atomic E-state index is 0. The van der Waals surface area contributed by atoms with Crippen LogP contribution in [0.5, 0.6) is 0 Å². The Balaban J connectivity index is 0.000000768. The molecule has 0 saturated heterocycles. The van der Waals surface area contributed by atoms with E-state index in [9.17, 15) is 0 Å². The zero-order valence-corrected chi connectivity index (χ0v) is 28.6. The Morgan fingerprint density at radius 1 is 0.634 bits per heavy atom. The van der Waals surface area contributed by atoms with Crippen molar-refractivity contribution in [1.82, 2.24) is 4.98 Å². The molecule has 1 aromatic heterocycles. The van der Waals surface area contributed by atoms with Crippen LogP contribution in [0.1, 0.15) is 120 Å². The van der Waals surface area contributed by atoms with Crippen LogP contribution < -0.4 is 24.8 Å². The molecule has 0 unspecified atom stereocenters. The normalized spacial score (nSPS) is 11.2. The number of pyridine rings is 1. The van der Waals surface area contributed by atoms with E-state index >= 15 is 0 Å². The van der Waals surface area contributed by atoms with Gasteiger partial charge in [0.1, 0.15) is 0 Å². The van der Waals surface area contributed by atoms with Gasteiger partial charge in [-0.15, -0.1) is 0 Å². The molecule has 3 aromatic rings. The number of para-hydroxylation sites is 2. The van der Waals surface area contributed by atoms with Crippen molar-refractivity contribution in [2.75, 3.05) is 0 Å². The topological polar surface area (TPSA) is 37.6 Å². The minimum absolute atomic E-state index is 0. The number of benzene rings is 2. The van der Waals surface area contributed by atoms with Crippen LogP contribution in [0, 0.1) is 0 Å². The SMILES string of the molecule is CC(C)c1cccc(C(C)C)c1N=CCCc1cccnc1.CC(C)c1cccc(C(C)C)c1N=CC[CH2][Fe+2].[Cl-].[Cl-]. The first-order valence-corrected chi connectivity index (χ1v) is 15.2. The standard InChI is InChI=1S/C20H26N2.C15H22N.2ClH.Fe/c1-15(2)18-10-5-11-19(16(3)4)20(18)22-13-7-9-17-8-6-12-21-14-17;1-6-10-16-15-13(11(2)3)8-7-9-14(15)12(4)5;;;/h5-6,8,10-16H,7,9H2,1-4H3;7-12H,1,6H2,2-5H3;2*1H;/q;;;;+2/p-2. The van der Waals surface area contributed by atoms with Crippen molar-refractivity contribution in [1.29, 1.82) is 0 Å². The maximum atomic E-state index is 4.82. The van der Waals surface area contributed by atoms with E-state index in [1.54, 1.807) is 0 Å². The van der Waals surface area contributed by atoms with Crippen LogP contribution in [0.4, 0.5) is 11.4 Å². The second kappa shape index (κ2) is 20.8. The van der Waals surface area contributed by atoms with Crippen molar-refractivity contribution in [3.8, 4) is 0 Å². The molecule has 2 aromatic carbocycles. The van der Waals surface area contributed by atoms with E-state index in [-0.39, 0.29) is 24.8 Å². The first-order chi connectivity index (χ1) is 18.7. The van der Waals surface area contributed by atoms with Crippen LogP contribution in [0.25, 0.3) is 0 Å². The quantitative estimate of drug-likeness (QED) is 0.223. The Kier molecular flexibility index (Phi) is 19.8. The summed E-state index contributed by atoms with van der Waals surface area (Å²) >= 11 is 3.84. The van der Waals surface area contributed by atoms with Crippen LogP contribution in [0.15, 0.2) is 70.9 Å². The summed E-state index contributed by atoms with van der Waals surface area (Å²) in [5.41, 5.74) is 8.96. The van der Waals surface area contributed by atoms with Crippen LogP contribution in [0.2, 0.25) is 5.32 Å². The Morgan fingerprint density at radius 3 is 1.39 bits per heavy atom. The number of hydrogen-bond acceptors (Lipinski definition) is 3. The molecular formula is C35H48Cl2FeN3. The fourth-order valence-electron chi connectivity index (χ4n) is 4.46. The molecule has 0 radical (unpaired) electrons. The van der Waals surface area contributed by atoms with Gasteiger partial charge in [-0.1, -0.05) is 52.0 Å². The molecular weight excluding hydrogens is 589 g/mol. The second-order valence-electron chi connectivity index (χ2n) is 11.2. The molecule has 0 amide bonds. The second-order valence-corrected chi connectivity index (χ2v) is 11.7. The molecule has 0 atom stereocenters. The fourth-order valence-corrected chi connectivity index (χ4v) is 4.60. The number of rotatable bonds is 11. The smallest absolute Gasteiger partial charge is 1.00 e. The molecule has 3 rings (SSSR count). The molecule has 0 aliphatic rings. The molecule has 225 valence electrons. The first-order valence-electron chi connectivity index (χ1n) is 14.4. The van der Waals surface area contributed by atoms with Crippen molar-refractivity contribution >= 4 is 23.8 Å². The van der Waals surface area contributed by atoms with Crippen molar-refractivity contribution < 1.29 is 40.8 Å². The minimum Gasteiger partial charge on any atom is -1.00 e. The van der Waals surface area contributed by atoms with Gasteiger partial charge in [-0.2, -0.15) is 0 Å². The molecule has 0 aliphatic heterocycles. The molecule has 41 heavy (non-hydrogen) atoms. The summed E-state index contributed by atoms with van der Waals surface area (Å²) in [6.07, 6.45) is 10.7. The third-order valence-corrected chi connectivity index (χ3v) is 6.96. The van der Waals surface area contributed by atoms with Gasteiger partial charge in [0.25, 0.3) is 0 Å². The van der Waals surface area contributed by atoms with Gasteiger partial charge in [-0.25, -0.2) is 0 Å². The molecule has 0 bridgehead atoms. The molecule has 6 heteroatoms. The van der Waals surface area contributed by atoms with Gasteiger partial charge in [-0.05, 0) is 47.4 Å². The van der Waals surface area contributed by atoms with Gasteiger partial charge >= 0.3 is 114 Å². The number of aryl methyl sites for hydroxylation is 1. The molecule has 0 aliphatic carbocycles.